The molecule has 2 heterocycles. The highest BCUT2D eigenvalue weighted by Gasteiger charge is 2.17. The predicted octanol–water partition coefficient (Wildman–Crippen LogP) is 1.65. The molecule has 2 rings (SSSR count). The van der Waals surface area contributed by atoms with Gasteiger partial charge in [-0.05, 0) is 6.92 Å². The number of carbonyl (C=O) groups is 1. The monoisotopic (exact) mass is 250 g/mol. The lowest BCUT2D eigenvalue weighted by Crippen LogP contribution is -2.23. The van der Waals surface area contributed by atoms with Gasteiger partial charge in [0.05, 0.1) is 10.9 Å². The van der Waals surface area contributed by atoms with Crippen LogP contribution in [0, 0.1) is 6.92 Å². The second-order valence-electron chi connectivity index (χ2n) is 3.50. The number of aromatic carboxylic acids is 1. The topological polar surface area (TPSA) is 72.2 Å². The number of hydrogen-bond acceptors (Lipinski definition) is 4. The van der Waals surface area contributed by atoms with E-state index in [1.54, 1.807) is 13.0 Å². The quantitative estimate of drug-likeness (QED) is 0.841. The van der Waals surface area contributed by atoms with Gasteiger partial charge in [0.2, 0.25) is 0 Å². The van der Waals surface area contributed by atoms with Crippen molar-refractivity contribution in [2.45, 2.75) is 13.5 Å². The van der Waals surface area contributed by atoms with Gasteiger partial charge in [-0.25, -0.2) is 9.78 Å². The minimum Gasteiger partial charge on any atom is -0.478 e. The first-order valence-corrected chi connectivity index (χ1v) is 5.77. The van der Waals surface area contributed by atoms with Gasteiger partial charge in [-0.2, -0.15) is 0 Å². The number of fused-ring (bicyclic) bond motifs is 1. The first kappa shape index (κ1) is 11.5. The molecule has 0 fully saturated rings. The SMILES string of the molecule is C=CCn1c(C)nc2scc(C(=O)O)c2c1=O. The minimum absolute atomic E-state index is 0.0142. The normalized spacial score (nSPS) is 10.6. The summed E-state index contributed by atoms with van der Waals surface area (Å²) in [5, 5.41) is 10.6. The number of aromatic nitrogens is 2. The number of allylic oxidation sites excluding steroid dienone is 1. The summed E-state index contributed by atoms with van der Waals surface area (Å²) in [6, 6.07) is 0. The molecule has 17 heavy (non-hydrogen) atoms. The summed E-state index contributed by atoms with van der Waals surface area (Å²) in [6.45, 7) is 5.60. The Kier molecular flexibility index (Phi) is 2.81. The maximum absolute atomic E-state index is 12.1. The number of carboxylic acids is 1. The number of rotatable bonds is 3. The van der Waals surface area contributed by atoms with E-state index in [9.17, 15) is 9.59 Å². The molecule has 0 atom stereocenters. The fourth-order valence-corrected chi connectivity index (χ4v) is 2.58. The Morgan fingerprint density at radius 2 is 2.41 bits per heavy atom. The van der Waals surface area contributed by atoms with Crippen molar-refractivity contribution in [2.24, 2.45) is 0 Å². The molecule has 0 unspecified atom stereocenters. The first-order valence-electron chi connectivity index (χ1n) is 4.89. The maximum Gasteiger partial charge on any atom is 0.337 e. The van der Waals surface area contributed by atoms with E-state index < -0.39 is 5.97 Å². The first-order chi connectivity index (χ1) is 8.06. The zero-order valence-corrected chi connectivity index (χ0v) is 9.95. The van der Waals surface area contributed by atoms with Crippen molar-refractivity contribution < 1.29 is 9.90 Å². The van der Waals surface area contributed by atoms with Gasteiger partial charge in [-0.15, -0.1) is 17.9 Å². The lowest BCUT2D eigenvalue weighted by Gasteiger charge is -2.06. The van der Waals surface area contributed by atoms with Gasteiger partial charge in [-0.3, -0.25) is 9.36 Å². The molecular formula is C11H10N2O3S. The molecule has 0 bridgehead atoms. The largest absolute Gasteiger partial charge is 0.478 e. The van der Waals surface area contributed by atoms with E-state index >= 15 is 0 Å². The van der Waals surface area contributed by atoms with Crippen LogP contribution in [0.3, 0.4) is 0 Å². The molecule has 0 aliphatic carbocycles. The van der Waals surface area contributed by atoms with Gasteiger partial charge in [0.15, 0.2) is 0 Å². The van der Waals surface area contributed by atoms with Crippen LogP contribution in [-0.4, -0.2) is 20.6 Å². The molecule has 0 aliphatic rings. The molecular weight excluding hydrogens is 240 g/mol. The molecule has 0 amide bonds. The van der Waals surface area contributed by atoms with Crippen LogP contribution in [0.25, 0.3) is 10.2 Å². The van der Waals surface area contributed by atoms with Gasteiger partial charge in [0, 0.05) is 11.9 Å². The molecule has 0 aromatic carbocycles. The lowest BCUT2D eigenvalue weighted by atomic mass is 10.2. The van der Waals surface area contributed by atoms with Gasteiger partial charge >= 0.3 is 5.97 Å². The Morgan fingerprint density at radius 3 is 3.00 bits per heavy atom. The van der Waals surface area contributed by atoms with Crippen LogP contribution in [-0.2, 0) is 6.54 Å². The summed E-state index contributed by atoms with van der Waals surface area (Å²) in [5.74, 6) is -0.551. The van der Waals surface area contributed by atoms with Crippen LogP contribution in [0.5, 0.6) is 0 Å². The Hall–Kier alpha value is -1.95. The van der Waals surface area contributed by atoms with Crippen molar-refractivity contribution in [3.05, 3.63) is 39.8 Å². The highest BCUT2D eigenvalue weighted by molar-refractivity contribution is 7.17. The third-order valence-electron chi connectivity index (χ3n) is 2.43. The second-order valence-corrected chi connectivity index (χ2v) is 4.36. The van der Waals surface area contributed by atoms with Crippen LogP contribution in [0.15, 0.2) is 22.8 Å². The van der Waals surface area contributed by atoms with Gasteiger partial charge < -0.3 is 5.11 Å². The Bertz CT molecular complexity index is 669. The standard InChI is InChI=1S/C11H10N2O3S/c1-3-4-13-6(2)12-9-8(10(13)14)7(5-17-9)11(15)16/h3,5H,1,4H2,2H3,(H,15,16). The van der Waals surface area contributed by atoms with Gasteiger partial charge in [0.1, 0.15) is 10.7 Å². The lowest BCUT2D eigenvalue weighted by molar-refractivity contribution is 0.0699. The van der Waals surface area contributed by atoms with Gasteiger partial charge in [-0.1, -0.05) is 6.08 Å². The summed E-state index contributed by atoms with van der Waals surface area (Å²) in [6.07, 6.45) is 1.58. The van der Waals surface area contributed by atoms with E-state index in [1.165, 1.54) is 21.3 Å². The van der Waals surface area contributed by atoms with Crippen molar-refractivity contribution in [3.8, 4) is 0 Å². The number of carboxylic acid groups (broad SMARTS) is 1. The number of aryl methyl sites for hydroxylation is 1. The van der Waals surface area contributed by atoms with E-state index in [1.807, 2.05) is 0 Å². The fraction of sp³-hybridized carbons (Fsp3) is 0.182. The molecule has 0 radical (unpaired) electrons. The number of nitrogens with zero attached hydrogens (tertiary/aromatic N) is 2. The number of thiophene rings is 1. The van der Waals surface area contributed by atoms with Crippen molar-refractivity contribution in [3.63, 3.8) is 0 Å². The predicted molar refractivity (Wildman–Crippen MR) is 65.8 cm³/mol. The molecule has 6 heteroatoms. The molecule has 88 valence electrons. The third-order valence-corrected chi connectivity index (χ3v) is 3.30. The highest BCUT2D eigenvalue weighted by atomic mass is 32.1. The molecule has 1 N–H and O–H groups in total. The van der Waals surface area contributed by atoms with E-state index in [0.717, 1.165) is 0 Å². The Labute approximate surface area is 101 Å². The zero-order chi connectivity index (χ0) is 12.6. The Morgan fingerprint density at radius 1 is 1.71 bits per heavy atom. The van der Waals surface area contributed by atoms with Crippen molar-refractivity contribution in [1.29, 1.82) is 0 Å². The Balaban J connectivity index is 2.87. The van der Waals surface area contributed by atoms with E-state index in [0.29, 0.717) is 17.2 Å². The average Bonchev–Trinajstić information content (AvgIpc) is 2.68. The van der Waals surface area contributed by atoms with Crippen molar-refractivity contribution >= 4 is 27.5 Å². The minimum atomic E-state index is -1.11. The highest BCUT2D eigenvalue weighted by Crippen LogP contribution is 2.21. The molecule has 5 nitrogen and oxygen atoms in total. The molecule has 2 aromatic rings. The molecule has 0 saturated carbocycles. The molecule has 0 spiro atoms. The average molecular weight is 250 g/mol. The number of hydrogen-bond donors (Lipinski definition) is 1. The van der Waals surface area contributed by atoms with Crippen LogP contribution in [0.1, 0.15) is 16.2 Å². The summed E-state index contributed by atoms with van der Waals surface area (Å²) in [5.41, 5.74) is -0.314. The summed E-state index contributed by atoms with van der Waals surface area (Å²) in [7, 11) is 0. The maximum atomic E-state index is 12.1. The van der Waals surface area contributed by atoms with Crippen LogP contribution >= 0.6 is 11.3 Å². The summed E-state index contributed by atoms with van der Waals surface area (Å²) in [4.78, 5) is 27.8. The van der Waals surface area contributed by atoms with Gasteiger partial charge in [0.25, 0.3) is 5.56 Å². The smallest absolute Gasteiger partial charge is 0.337 e. The van der Waals surface area contributed by atoms with E-state index in [-0.39, 0.29) is 16.5 Å². The second kappa shape index (κ2) is 4.14. The molecule has 2 aromatic heterocycles. The third kappa shape index (κ3) is 1.76. The van der Waals surface area contributed by atoms with Crippen LogP contribution in [0.4, 0.5) is 0 Å². The fourth-order valence-electron chi connectivity index (χ4n) is 1.63. The molecule has 0 saturated heterocycles. The van der Waals surface area contributed by atoms with Crippen LogP contribution < -0.4 is 5.56 Å². The summed E-state index contributed by atoms with van der Waals surface area (Å²) >= 11 is 1.17. The zero-order valence-electron chi connectivity index (χ0n) is 9.14. The van der Waals surface area contributed by atoms with Crippen LogP contribution in [0.2, 0.25) is 0 Å². The van der Waals surface area contributed by atoms with Crippen molar-refractivity contribution in [2.75, 3.05) is 0 Å². The van der Waals surface area contributed by atoms with E-state index in [2.05, 4.69) is 11.6 Å². The van der Waals surface area contributed by atoms with E-state index in [4.69, 9.17) is 5.11 Å². The van der Waals surface area contributed by atoms with Crippen molar-refractivity contribution in [1.82, 2.24) is 9.55 Å². The molecule has 0 aliphatic heterocycles. The summed E-state index contributed by atoms with van der Waals surface area (Å²) < 4.78 is 1.41.